The van der Waals surface area contributed by atoms with E-state index in [1.54, 1.807) is 12.7 Å². The van der Waals surface area contributed by atoms with Gasteiger partial charge in [0.2, 0.25) is 0 Å². The second-order valence-electron chi connectivity index (χ2n) is 9.17. The first-order valence-electron chi connectivity index (χ1n) is 11.8. The number of benzene rings is 2. The molecule has 5 rings (SSSR count). The molecular formula is C26H32N6O. The SMILES string of the molecule is OC1(CNCc2ccccc2)CCN(CCCc2c[nH]c3ccc(-n4cnnc4)cc23)CC1. The number of H-pyrrole nitrogens is 1. The molecule has 1 fully saturated rings. The van der Waals surface area contributed by atoms with E-state index in [-0.39, 0.29) is 0 Å². The third-order valence-electron chi connectivity index (χ3n) is 6.80. The standard InChI is InChI=1S/C26H32N6O/c33-26(18-27-16-21-5-2-1-3-6-21)10-13-31(14-11-26)12-4-7-22-17-28-25-9-8-23(15-24(22)25)32-19-29-30-20-32/h1-3,5-6,8-9,15,17,19-20,27-28,33H,4,7,10-14,16,18H2. The first-order valence-corrected chi connectivity index (χ1v) is 11.8. The van der Waals surface area contributed by atoms with E-state index in [1.165, 1.54) is 16.5 Å². The van der Waals surface area contributed by atoms with Gasteiger partial charge in [0.05, 0.1) is 5.60 Å². The summed E-state index contributed by atoms with van der Waals surface area (Å²) in [5.74, 6) is 0. The number of nitrogens with zero attached hydrogens (tertiary/aromatic N) is 4. The average Bonchev–Trinajstić information content (AvgIpc) is 3.51. The van der Waals surface area contributed by atoms with Gasteiger partial charge in [0.15, 0.2) is 0 Å². The summed E-state index contributed by atoms with van der Waals surface area (Å²) >= 11 is 0. The van der Waals surface area contributed by atoms with E-state index >= 15 is 0 Å². The molecule has 2 aromatic carbocycles. The van der Waals surface area contributed by atoms with Crippen molar-refractivity contribution in [3.05, 3.63) is 78.5 Å². The molecule has 172 valence electrons. The predicted octanol–water partition coefficient (Wildman–Crippen LogP) is 3.30. The van der Waals surface area contributed by atoms with Crippen molar-refractivity contribution >= 4 is 10.9 Å². The molecule has 0 radical (unpaired) electrons. The van der Waals surface area contributed by atoms with Gasteiger partial charge in [-0.15, -0.1) is 10.2 Å². The Morgan fingerprint density at radius 2 is 1.82 bits per heavy atom. The summed E-state index contributed by atoms with van der Waals surface area (Å²) in [5.41, 5.74) is 4.24. The van der Waals surface area contributed by atoms with Crippen molar-refractivity contribution in [3.63, 3.8) is 0 Å². The number of rotatable bonds is 9. The van der Waals surface area contributed by atoms with E-state index in [2.05, 4.69) is 74.1 Å². The number of aromatic nitrogens is 4. The number of piperidine rings is 1. The third-order valence-corrected chi connectivity index (χ3v) is 6.80. The molecule has 0 saturated carbocycles. The highest BCUT2D eigenvalue weighted by Gasteiger charge is 2.31. The van der Waals surface area contributed by atoms with Gasteiger partial charge < -0.3 is 20.3 Å². The summed E-state index contributed by atoms with van der Waals surface area (Å²) in [7, 11) is 0. The Morgan fingerprint density at radius 3 is 2.61 bits per heavy atom. The molecule has 0 aliphatic carbocycles. The molecule has 7 nitrogen and oxygen atoms in total. The zero-order valence-corrected chi connectivity index (χ0v) is 19.0. The fourth-order valence-electron chi connectivity index (χ4n) is 4.77. The van der Waals surface area contributed by atoms with Gasteiger partial charge in [-0.3, -0.25) is 4.57 Å². The number of aromatic amines is 1. The molecule has 1 aliphatic heterocycles. The van der Waals surface area contributed by atoms with Crippen LogP contribution >= 0.6 is 0 Å². The zero-order chi connectivity index (χ0) is 22.5. The lowest BCUT2D eigenvalue weighted by Gasteiger charge is -2.38. The van der Waals surface area contributed by atoms with Crippen molar-refractivity contribution in [2.75, 3.05) is 26.2 Å². The molecule has 4 aromatic rings. The quantitative estimate of drug-likeness (QED) is 0.369. The van der Waals surface area contributed by atoms with Gasteiger partial charge in [-0.1, -0.05) is 30.3 Å². The molecule has 2 aromatic heterocycles. The first kappa shape index (κ1) is 21.8. The molecule has 3 N–H and O–H groups in total. The van der Waals surface area contributed by atoms with Crippen molar-refractivity contribution < 1.29 is 5.11 Å². The lowest BCUT2D eigenvalue weighted by atomic mass is 9.91. The molecule has 33 heavy (non-hydrogen) atoms. The fraction of sp³-hybridized carbons (Fsp3) is 0.385. The van der Waals surface area contributed by atoms with Gasteiger partial charge in [0.25, 0.3) is 0 Å². The van der Waals surface area contributed by atoms with Gasteiger partial charge in [0.1, 0.15) is 12.7 Å². The number of hydrogen-bond donors (Lipinski definition) is 3. The Kier molecular flexibility index (Phi) is 6.53. The molecule has 0 amide bonds. The highest BCUT2D eigenvalue weighted by atomic mass is 16.3. The molecule has 0 atom stereocenters. The molecule has 0 unspecified atom stereocenters. The highest BCUT2D eigenvalue weighted by Crippen LogP contribution is 2.24. The van der Waals surface area contributed by atoms with Crippen LogP contribution in [0.1, 0.15) is 30.4 Å². The molecule has 0 spiro atoms. The van der Waals surface area contributed by atoms with E-state index in [4.69, 9.17) is 0 Å². The van der Waals surface area contributed by atoms with Crippen LogP contribution in [0.25, 0.3) is 16.6 Å². The van der Waals surface area contributed by atoms with Crippen molar-refractivity contribution in [1.29, 1.82) is 0 Å². The molecule has 7 heteroatoms. The Bertz CT molecular complexity index is 1150. The molecular weight excluding hydrogens is 412 g/mol. The maximum atomic E-state index is 11.0. The lowest BCUT2D eigenvalue weighted by Crippen LogP contribution is -2.49. The number of hydrogen-bond acceptors (Lipinski definition) is 5. The van der Waals surface area contributed by atoms with E-state index < -0.39 is 5.60 Å². The second-order valence-corrected chi connectivity index (χ2v) is 9.17. The monoisotopic (exact) mass is 444 g/mol. The normalized spacial score (nSPS) is 16.4. The number of aryl methyl sites for hydroxylation is 1. The Balaban J connectivity index is 1.08. The summed E-state index contributed by atoms with van der Waals surface area (Å²) in [6.45, 7) is 4.42. The number of aliphatic hydroxyl groups is 1. The van der Waals surface area contributed by atoms with Crippen LogP contribution < -0.4 is 5.32 Å². The minimum Gasteiger partial charge on any atom is -0.388 e. The van der Waals surface area contributed by atoms with Crippen LogP contribution in [0.2, 0.25) is 0 Å². The zero-order valence-electron chi connectivity index (χ0n) is 19.0. The van der Waals surface area contributed by atoms with Crippen LogP contribution in [-0.4, -0.2) is 61.5 Å². The van der Waals surface area contributed by atoms with Gasteiger partial charge in [-0.25, -0.2) is 0 Å². The van der Waals surface area contributed by atoms with Crippen molar-refractivity contribution in [1.82, 2.24) is 30.0 Å². The van der Waals surface area contributed by atoms with Crippen LogP contribution in [0, 0.1) is 0 Å². The molecule has 1 saturated heterocycles. The maximum absolute atomic E-state index is 11.0. The lowest BCUT2D eigenvalue weighted by molar-refractivity contribution is -0.0201. The van der Waals surface area contributed by atoms with Crippen LogP contribution in [0.3, 0.4) is 0 Å². The summed E-state index contributed by atoms with van der Waals surface area (Å²) in [5, 5.41) is 23.5. The van der Waals surface area contributed by atoms with E-state index in [0.29, 0.717) is 6.54 Å². The number of nitrogens with one attached hydrogen (secondary N) is 2. The van der Waals surface area contributed by atoms with Crippen LogP contribution in [0.4, 0.5) is 0 Å². The largest absolute Gasteiger partial charge is 0.388 e. The fourth-order valence-corrected chi connectivity index (χ4v) is 4.77. The van der Waals surface area contributed by atoms with Crippen molar-refractivity contribution in [3.8, 4) is 5.69 Å². The van der Waals surface area contributed by atoms with Gasteiger partial charge in [-0.05, 0) is 61.6 Å². The summed E-state index contributed by atoms with van der Waals surface area (Å²) in [6.07, 6.45) is 9.37. The van der Waals surface area contributed by atoms with Crippen molar-refractivity contribution in [2.24, 2.45) is 0 Å². The summed E-state index contributed by atoms with van der Waals surface area (Å²) < 4.78 is 1.93. The minimum atomic E-state index is -0.597. The summed E-state index contributed by atoms with van der Waals surface area (Å²) in [6, 6.07) is 16.8. The molecule has 0 bridgehead atoms. The maximum Gasteiger partial charge on any atom is 0.123 e. The summed E-state index contributed by atoms with van der Waals surface area (Å²) in [4.78, 5) is 5.89. The van der Waals surface area contributed by atoms with E-state index in [9.17, 15) is 5.11 Å². The minimum absolute atomic E-state index is 0.597. The molecule has 1 aliphatic rings. The van der Waals surface area contributed by atoms with Crippen LogP contribution in [0.15, 0.2) is 67.4 Å². The topological polar surface area (TPSA) is 82.0 Å². The predicted molar refractivity (Wildman–Crippen MR) is 130 cm³/mol. The van der Waals surface area contributed by atoms with Crippen LogP contribution in [-0.2, 0) is 13.0 Å². The number of likely N-dealkylation sites (tertiary alicyclic amines) is 1. The average molecular weight is 445 g/mol. The Hall–Kier alpha value is -3.00. The van der Waals surface area contributed by atoms with Crippen molar-refractivity contribution in [2.45, 2.75) is 37.8 Å². The van der Waals surface area contributed by atoms with Gasteiger partial charge in [0, 0.05) is 49.0 Å². The smallest absolute Gasteiger partial charge is 0.123 e. The molecule has 3 heterocycles. The van der Waals surface area contributed by atoms with E-state index in [0.717, 1.165) is 63.1 Å². The third kappa shape index (κ3) is 5.33. The van der Waals surface area contributed by atoms with Crippen LogP contribution in [0.5, 0.6) is 0 Å². The number of fused-ring (bicyclic) bond motifs is 1. The highest BCUT2D eigenvalue weighted by molar-refractivity contribution is 5.85. The Labute approximate surface area is 194 Å². The van der Waals surface area contributed by atoms with Gasteiger partial charge in [-0.2, -0.15) is 0 Å². The van der Waals surface area contributed by atoms with E-state index in [1.807, 2.05) is 10.6 Å². The van der Waals surface area contributed by atoms with Gasteiger partial charge >= 0.3 is 0 Å². The second kappa shape index (κ2) is 9.87. The first-order chi connectivity index (χ1) is 16.2. The Morgan fingerprint density at radius 1 is 1.03 bits per heavy atom.